The Bertz CT molecular complexity index is 1030. The van der Waals surface area contributed by atoms with Crippen LogP contribution in [0.25, 0.3) is 0 Å². The lowest BCUT2D eigenvalue weighted by Gasteiger charge is -2.29. The monoisotopic (exact) mass is 372 g/mol. The first kappa shape index (κ1) is 17.9. The first-order valence-electron chi connectivity index (χ1n) is 9.21. The highest BCUT2D eigenvalue weighted by Gasteiger charge is 2.24. The van der Waals surface area contributed by atoms with Gasteiger partial charge in [-0.15, -0.1) is 0 Å². The van der Waals surface area contributed by atoms with Crippen LogP contribution in [0.4, 0.5) is 17.2 Å². The lowest BCUT2D eigenvalue weighted by atomic mass is 10.0. The smallest absolute Gasteiger partial charge is 0.278 e. The lowest BCUT2D eigenvalue weighted by molar-refractivity contribution is 0.0978. The molecule has 1 amide bonds. The van der Waals surface area contributed by atoms with Crippen molar-refractivity contribution < 1.29 is 9.59 Å². The predicted octanol–water partition coefficient (Wildman–Crippen LogP) is 4.02. The first-order chi connectivity index (χ1) is 13.6. The summed E-state index contributed by atoms with van der Waals surface area (Å²) in [6.07, 6.45) is 4.93. The number of hydrogen-bond donors (Lipinski definition) is 1. The highest BCUT2D eigenvalue weighted by molar-refractivity contribution is 6.05. The molecule has 0 atom stereocenters. The number of benzene rings is 2. The Morgan fingerprint density at radius 3 is 2.68 bits per heavy atom. The molecule has 1 aromatic heterocycles. The zero-order chi connectivity index (χ0) is 19.5. The highest BCUT2D eigenvalue weighted by Crippen LogP contribution is 2.27. The van der Waals surface area contributed by atoms with Crippen molar-refractivity contribution in [1.29, 1.82) is 0 Å². The van der Waals surface area contributed by atoms with E-state index < -0.39 is 0 Å². The van der Waals surface area contributed by atoms with Gasteiger partial charge in [0.25, 0.3) is 5.91 Å². The number of aryl methyl sites for hydroxylation is 1. The molecular weight excluding hydrogens is 352 g/mol. The van der Waals surface area contributed by atoms with E-state index in [-0.39, 0.29) is 11.7 Å². The number of ketones is 1. The van der Waals surface area contributed by atoms with E-state index in [1.165, 1.54) is 24.9 Å². The average Bonchev–Trinajstić information content (AvgIpc) is 2.73. The number of fused-ring (bicyclic) bond motifs is 1. The Balaban J connectivity index is 1.52. The largest absolute Gasteiger partial charge is 0.339 e. The van der Waals surface area contributed by atoms with Crippen LogP contribution >= 0.6 is 0 Å². The molecule has 140 valence electrons. The molecule has 0 aliphatic carbocycles. The third-order valence-corrected chi connectivity index (χ3v) is 4.77. The average molecular weight is 372 g/mol. The summed E-state index contributed by atoms with van der Waals surface area (Å²) in [7, 11) is 0. The van der Waals surface area contributed by atoms with Gasteiger partial charge in [0.2, 0.25) is 0 Å². The summed E-state index contributed by atoms with van der Waals surface area (Å²) < 4.78 is 0. The van der Waals surface area contributed by atoms with Crippen LogP contribution in [0.5, 0.6) is 0 Å². The number of aromatic nitrogens is 2. The standard InChI is InChI=1S/C22H20N4O2/c1-15(27)17-7-4-9-18(12-17)25-21-14-23-19(13-24-21)22(28)26-11-5-8-16-6-2-3-10-20(16)26/h2-4,6-7,9-10,12-14H,5,8,11H2,1H3,(H,24,25). The van der Waals surface area contributed by atoms with E-state index in [1.807, 2.05) is 24.3 Å². The van der Waals surface area contributed by atoms with Crippen molar-refractivity contribution >= 4 is 28.9 Å². The SMILES string of the molecule is CC(=O)c1cccc(Nc2cnc(C(=O)N3CCCc4ccccc43)cn2)c1. The molecule has 1 aliphatic rings. The van der Waals surface area contributed by atoms with Crippen molar-refractivity contribution in [3.63, 3.8) is 0 Å². The summed E-state index contributed by atoms with van der Waals surface area (Å²) in [6, 6.07) is 15.1. The summed E-state index contributed by atoms with van der Waals surface area (Å²) in [5.74, 6) is 0.360. The van der Waals surface area contributed by atoms with Gasteiger partial charge in [-0.2, -0.15) is 0 Å². The van der Waals surface area contributed by atoms with E-state index in [9.17, 15) is 9.59 Å². The van der Waals surface area contributed by atoms with Crippen molar-refractivity contribution in [1.82, 2.24) is 9.97 Å². The van der Waals surface area contributed by atoms with E-state index in [0.717, 1.165) is 24.2 Å². The minimum atomic E-state index is -0.148. The van der Waals surface area contributed by atoms with Gasteiger partial charge in [-0.05, 0) is 43.5 Å². The Hall–Kier alpha value is -3.54. The molecule has 3 aromatic rings. The lowest BCUT2D eigenvalue weighted by Crippen LogP contribution is -2.36. The number of amides is 1. The van der Waals surface area contributed by atoms with Gasteiger partial charge in [-0.3, -0.25) is 9.59 Å². The molecule has 2 aromatic carbocycles. The fourth-order valence-electron chi connectivity index (χ4n) is 3.35. The number of Topliss-reactive ketones (excluding diaryl/α,β-unsaturated/α-hetero) is 1. The van der Waals surface area contributed by atoms with E-state index in [1.54, 1.807) is 23.1 Å². The molecule has 0 radical (unpaired) electrons. The second-order valence-corrected chi connectivity index (χ2v) is 6.74. The first-order valence-corrected chi connectivity index (χ1v) is 9.21. The van der Waals surface area contributed by atoms with Crippen molar-refractivity contribution in [2.24, 2.45) is 0 Å². The van der Waals surface area contributed by atoms with Crippen LogP contribution in [0, 0.1) is 0 Å². The predicted molar refractivity (Wildman–Crippen MR) is 108 cm³/mol. The van der Waals surface area contributed by atoms with Crippen LogP contribution in [-0.2, 0) is 6.42 Å². The Kier molecular flexibility index (Phi) is 4.85. The number of para-hydroxylation sites is 1. The molecule has 6 heteroatoms. The van der Waals surface area contributed by atoms with Crippen molar-refractivity contribution in [3.05, 3.63) is 77.7 Å². The third kappa shape index (κ3) is 3.62. The van der Waals surface area contributed by atoms with Gasteiger partial charge in [0.05, 0.1) is 12.4 Å². The van der Waals surface area contributed by atoms with Gasteiger partial charge in [0, 0.05) is 23.5 Å². The Labute approximate surface area is 163 Å². The number of nitrogens with one attached hydrogen (secondary N) is 1. The van der Waals surface area contributed by atoms with E-state index in [4.69, 9.17) is 0 Å². The molecule has 0 saturated heterocycles. The van der Waals surface area contributed by atoms with Crippen LogP contribution in [0.15, 0.2) is 60.9 Å². The molecular formula is C22H20N4O2. The highest BCUT2D eigenvalue weighted by atomic mass is 16.2. The fraction of sp³-hybridized carbons (Fsp3) is 0.182. The molecule has 0 bridgehead atoms. The summed E-state index contributed by atoms with van der Waals surface area (Å²) in [6.45, 7) is 2.20. The van der Waals surface area contributed by atoms with E-state index in [2.05, 4.69) is 21.4 Å². The quantitative estimate of drug-likeness (QED) is 0.700. The minimum absolute atomic E-state index is 0.00232. The molecule has 4 rings (SSSR count). The second-order valence-electron chi connectivity index (χ2n) is 6.74. The van der Waals surface area contributed by atoms with Crippen LogP contribution in [0.1, 0.15) is 39.8 Å². The third-order valence-electron chi connectivity index (χ3n) is 4.77. The van der Waals surface area contributed by atoms with Gasteiger partial charge in [-0.1, -0.05) is 30.3 Å². The second kappa shape index (κ2) is 7.60. The van der Waals surface area contributed by atoms with Gasteiger partial charge < -0.3 is 10.2 Å². The van der Waals surface area contributed by atoms with Crippen molar-refractivity contribution in [2.75, 3.05) is 16.8 Å². The van der Waals surface area contributed by atoms with Crippen molar-refractivity contribution in [3.8, 4) is 0 Å². The number of hydrogen-bond acceptors (Lipinski definition) is 5. The van der Waals surface area contributed by atoms with Gasteiger partial charge in [0.1, 0.15) is 11.5 Å². The Morgan fingerprint density at radius 2 is 1.89 bits per heavy atom. The van der Waals surface area contributed by atoms with Gasteiger partial charge in [0.15, 0.2) is 5.78 Å². The molecule has 0 spiro atoms. The number of carbonyl (C=O) groups is 2. The molecule has 1 aliphatic heterocycles. The maximum atomic E-state index is 12.9. The maximum absolute atomic E-state index is 12.9. The van der Waals surface area contributed by atoms with Crippen LogP contribution in [0.3, 0.4) is 0 Å². The Morgan fingerprint density at radius 1 is 1.04 bits per heavy atom. The van der Waals surface area contributed by atoms with Crippen LogP contribution < -0.4 is 10.2 Å². The van der Waals surface area contributed by atoms with Crippen LogP contribution in [-0.4, -0.2) is 28.2 Å². The molecule has 28 heavy (non-hydrogen) atoms. The van der Waals surface area contributed by atoms with Crippen LogP contribution in [0.2, 0.25) is 0 Å². The summed E-state index contributed by atoms with van der Waals surface area (Å²) >= 11 is 0. The van der Waals surface area contributed by atoms with Gasteiger partial charge >= 0.3 is 0 Å². The zero-order valence-electron chi connectivity index (χ0n) is 15.6. The maximum Gasteiger partial charge on any atom is 0.278 e. The van der Waals surface area contributed by atoms with E-state index in [0.29, 0.717) is 23.6 Å². The van der Waals surface area contributed by atoms with Crippen molar-refractivity contribution in [2.45, 2.75) is 19.8 Å². The summed E-state index contributed by atoms with van der Waals surface area (Å²) in [4.78, 5) is 34.8. The molecule has 2 heterocycles. The summed E-state index contributed by atoms with van der Waals surface area (Å²) in [5, 5.41) is 3.11. The minimum Gasteiger partial charge on any atom is -0.339 e. The molecule has 0 unspecified atom stereocenters. The summed E-state index contributed by atoms with van der Waals surface area (Å²) in [5.41, 5.74) is 3.79. The topological polar surface area (TPSA) is 75.2 Å². The number of anilines is 3. The zero-order valence-corrected chi connectivity index (χ0v) is 15.6. The number of nitrogens with zero attached hydrogens (tertiary/aromatic N) is 3. The number of rotatable bonds is 4. The number of carbonyl (C=O) groups excluding carboxylic acids is 2. The fourth-order valence-corrected chi connectivity index (χ4v) is 3.35. The van der Waals surface area contributed by atoms with Gasteiger partial charge in [-0.25, -0.2) is 9.97 Å². The molecule has 1 N–H and O–H groups in total. The molecule has 0 saturated carbocycles. The van der Waals surface area contributed by atoms with E-state index >= 15 is 0 Å². The normalized spacial score (nSPS) is 13.0. The molecule has 6 nitrogen and oxygen atoms in total. The molecule has 0 fully saturated rings.